The van der Waals surface area contributed by atoms with Gasteiger partial charge in [0.25, 0.3) is 0 Å². The van der Waals surface area contributed by atoms with Gasteiger partial charge in [-0.2, -0.15) is 0 Å². The maximum atomic E-state index is 5.00. The average molecular weight is 209 g/mol. The standard InChI is InChI=1S/C11H19N3O/c1-9-7-14(8-10-3-4-10)11(13-9)12-5-6-15-2/h7,10H,3-6,8H2,1-2H3,(H,12,13). The summed E-state index contributed by atoms with van der Waals surface area (Å²) in [6, 6.07) is 0. The Balaban J connectivity index is 1.93. The first kappa shape index (κ1) is 10.5. The predicted molar refractivity (Wildman–Crippen MR) is 60.1 cm³/mol. The lowest BCUT2D eigenvalue weighted by molar-refractivity contribution is 0.210. The van der Waals surface area contributed by atoms with Crippen LogP contribution in [0.3, 0.4) is 0 Å². The van der Waals surface area contributed by atoms with Crippen LogP contribution in [0.1, 0.15) is 18.5 Å². The molecule has 0 bridgehead atoms. The lowest BCUT2D eigenvalue weighted by Gasteiger charge is -2.08. The van der Waals surface area contributed by atoms with Gasteiger partial charge in [0.15, 0.2) is 0 Å². The van der Waals surface area contributed by atoms with Crippen molar-refractivity contribution in [3.8, 4) is 0 Å². The first-order valence-electron chi connectivity index (χ1n) is 5.56. The molecule has 0 saturated heterocycles. The monoisotopic (exact) mass is 209 g/mol. The molecular formula is C11H19N3O. The van der Waals surface area contributed by atoms with Crippen LogP contribution in [0.15, 0.2) is 6.20 Å². The van der Waals surface area contributed by atoms with Gasteiger partial charge in [0, 0.05) is 26.4 Å². The quantitative estimate of drug-likeness (QED) is 0.724. The molecule has 0 atom stereocenters. The van der Waals surface area contributed by atoms with Crippen molar-refractivity contribution in [1.82, 2.24) is 9.55 Å². The molecule has 1 N–H and O–H groups in total. The molecule has 0 spiro atoms. The third-order valence-electron chi connectivity index (χ3n) is 2.64. The summed E-state index contributed by atoms with van der Waals surface area (Å²) in [6.45, 7) is 4.67. The van der Waals surface area contributed by atoms with Crippen LogP contribution in [0.25, 0.3) is 0 Å². The van der Waals surface area contributed by atoms with Gasteiger partial charge in [-0.25, -0.2) is 4.98 Å². The summed E-state index contributed by atoms with van der Waals surface area (Å²) in [5.74, 6) is 1.86. The predicted octanol–water partition coefficient (Wildman–Crippen LogP) is 1.66. The minimum atomic E-state index is 0.718. The molecule has 0 radical (unpaired) electrons. The zero-order valence-electron chi connectivity index (χ0n) is 9.49. The van der Waals surface area contributed by atoms with Crippen molar-refractivity contribution in [2.24, 2.45) is 5.92 Å². The lowest BCUT2D eigenvalue weighted by atomic mass is 10.4. The number of hydrogen-bond donors (Lipinski definition) is 1. The molecule has 1 aromatic heterocycles. The number of rotatable bonds is 6. The van der Waals surface area contributed by atoms with Gasteiger partial charge in [0.1, 0.15) is 0 Å². The van der Waals surface area contributed by atoms with Gasteiger partial charge in [-0.05, 0) is 25.7 Å². The number of nitrogens with one attached hydrogen (secondary N) is 1. The Morgan fingerprint density at radius 1 is 1.60 bits per heavy atom. The molecule has 1 heterocycles. The van der Waals surface area contributed by atoms with Gasteiger partial charge >= 0.3 is 0 Å². The average Bonchev–Trinajstić information content (AvgIpc) is 2.93. The second-order valence-electron chi connectivity index (χ2n) is 4.22. The van der Waals surface area contributed by atoms with Gasteiger partial charge in [-0.1, -0.05) is 0 Å². The summed E-state index contributed by atoms with van der Waals surface area (Å²) >= 11 is 0. The molecule has 1 aliphatic rings. The van der Waals surface area contributed by atoms with Crippen LogP contribution in [0, 0.1) is 12.8 Å². The molecular weight excluding hydrogens is 190 g/mol. The van der Waals surface area contributed by atoms with E-state index < -0.39 is 0 Å². The lowest BCUT2D eigenvalue weighted by Crippen LogP contribution is -2.12. The Bertz CT molecular complexity index is 318. The first-order chi connectivity index (χ1) is 7.29. The highest BCUT2D eigenvalue weighted by Crippen LogP contribution is 2.31. The zero-order chi connectivity index (χ0) is 10.7. The van der Waals surface area contributed by atoms with E-state index in [0.29, 0.717) is 0 Å². The summed E-state index contributed by atoms with van der Waals surface area (Å²) in [7, 11) is 1.71. The number of methoxy groups -OCH3 is 1. The summed E-state index contributed by atoms with van der Waals surface area (Å²) < 4.78 is 7.23. The molecule has 0 amide bonds. The molecule has 0 unspecified atom stereocenters. The number of nitrogens with zero attached hydrogens (tertiary/aromatic N) is 2. The summed E-state index contributed by atoms with van der Waals surface area (Å²) in [5, 5.41) is 3.30. The highest BCUT2D eigenvalue weighted by Gasteiger charge is 2.22. The van der Waals surface area contributed by atoms with Crippen LogP contribution in [0.2, 0.25) is 0 Å². The van der Waals surface area contributed by atoms with Crippen molar-refractivity contribution >= 4 is 5.95 Å². The number of anilines is 1. The number of hydrogen-bond acceptors (Lipinski definition) is 3. The Hall–Kier alpha value is -1.03. The molecule has 84 valence electrons. The number of ether oxygens (including phenoxy) is 1. The van der Waals surface area contributed by atoms with E-state index >= 15 is 0 Å². The van der Waals surface area contributed by atoms with Crippen LogP contribution in [-0.2, 0) is 11.3 Å². The maximum absolute atomic E-state index is 5.00. The molecule has 0 aromatic carbocycles. The van der Waals surface area contributed by atoms with Gasteiger partial charge in [0.05, 0.1) is 12.3 Å². The van der Waals surface area contributed by atoms with Crippen LogP contribution in [0.5, 0.6) is 0 Å². The molecule has 4 nitrogen and oxygen atoms in total. The van der Waals surface area contributed by atoms with Crippen molar-refractivity contribution < 1.29 is 4.74 Å². The van der Waals surface area contributed by atoms with Crippen molar-refractivity contribution in [3.63, 3.8) is 0 Å². The maximum Gasteiger partial charge on any atom is 0.203 e. The van der Waals surface area contributed by atoms with Gasteiger partial charge < -0.3 is 14.6 Å². The minimum absolute atomic E-state index is 0.718. The summed E-state index contributed by atoms with van der Waals surface area (Å²) in [6.07, 6.45) is 4.86. The van der Waals surface area contributed by atoms with Crippen molar-refractivity contribution in [2.75, 3.05) is 25.6 Å². The van der Waals surface area contributed by atoms with Crippen molar-refractivity contribution in [2.45, 2.75) is 26.3 Å². The van der Waals surface area contributed by atoms with Crippen LogP contribution in [-0.4, -0.2) is 29.8 Å². The van der Waals surface area contributed by atoms with Gasteiger partial charge in [0.2, 0.25) is 5.95 Å². The smallest absolute Gasteiger partial charge is 0.203 e. The fourth-order valence-electron chi connectivity index (χ4n) is 1.67. The van der Waals surface area contributed by atoms with Crippen LogP contribution < -0.4 is 5.32 Å². The molecule has 4 heteroatoms. The van der Waals surface area contributed by atoms with Crippen molar-refractivity contribution in [1.29, 1.82) is 0 Å². The highest BCUT2D eigenvalue weighted by molar-refractivity contribution is 5.28. The number of aryl methyl sites for hydroxylation is 1. The normalized spacial score (nSPS) is 15.6. The minimum Gasteiger partial charge on any atom is -0.383 e. The van der Waals surface area contributed by atoms with Gasteiger partial charge in [-0.15, -0.1) is 0 Å². The molecule has 1 aliphatic carbocycles. The summed E-state index contributed by atoms with van der Waals surface area (Å²) in [5.41, 5.74) is 1.08. The molecule has 0 aliphatic heterocycles. The molecule has 1 saturated carbocycles. The number of imidazole rings is 1. The molecule has 1 aromatic rings. The van der Waals surface area contributed by atoms with E-state index in [2.05, 4.69) is 21.1 Å². The van der Waals surface area contributed by atoms with E-state index in [1.54, 1.807) is 7.11 Å². The highest BCUT2D eigenvalue weighted by atomic mass is 16.5. The van der Waals surface area contributed by atoms with E-state index in [9.17, 15) is 0 Å². The topological polar surface area (TPSA) is 39.1 Å². The van der Waals surface area contributed by atoms with E-state index in [0.717, 1.165) is 37.3 Å². The summed E-state index contributed by atoms with van der Waals surface area (Å²) in [4.78, 5) is 4.46. The third-order valence-corrected chi connectivity index (χ3v) is 2.64. The molecule has 1 fully saturated rings. The van der Waals surface area contributed by atoms with E-state index in [-0.39, 0.29) is 0 Å². The second-order valence-corrected chi connectivity index (χ2v) is 4.22. The zero-order valence-corrected chi connectivity index (χ0v) is 9.49. The SMILES string of the molecule is COCCNc1nc(C)cn1CC1CC1. The molecule has 15 heavy (non-hydrogen) atoms. The second kappa shape index (κ2) is 4.66. The van der Waals surface area contributed by atoms with Gasteiger partial charge in [-0.3, -0.25) is 0 Å². The fourth-order valence-corrected chi connectivity index (χ4v) is 1.67. The third kappa shape index (κ3) is 2.96. The Morgan fingerprint density at radius 2 is 2.40 bits per heavy atom. The van der Waals surface area contributed by atoms with Crippen LogP contribution in [0.4, 0.5) is 5.95 Å². The van der Waals surface area contributed by atoms with Crippen LogP contribution >= 0.6 is 0 Å². The van der Waals surface area contributed by atoms with E-state index in [1.165, 1.54) is 12.8 Å². The van der Waals surface area contributed by atoms with E-state index in [1.807, 2.05) is 6.92 Å². The largest absolute Gasteiger partial charge is 0.383 e. The fraction of sp³-hybridized carbons (Fsp3) is 0.727. The Morgan fingerprint density at radius 3 is 3.07 bits per heavy atom. The van der Waals surface area contributed by atoms with E-state index in [4.69, 9.17) is 4.74 Å². The van der Waals surface area contributed by atoms with Crippen molar-refractivity contribution in [3.05, 3.63) is 11.9 Å². The Labute approximate surface area is 90.6 Å². The Kier molecular flexibility index (Phi) is 3.26. The first-order valence-corrected chi connectivity index (χ1v) is 5.56. The molecule has 2 rings (SSSR count). The number of aromatic nitrogens is 2.